The SMILES string of the molecule is C[C@H](N(C(F)F)S(=O)(=O)c1ccc(-c2c(C#N)c3cc(F)c(OC(F)F)cc3n2C2CCC2)nc1)C(F)(F)F. The largest absolute Gasteiger partial charge is 0.432 e. The molecule has 0 N–H and O–H groups in total. The van der Waals surface area contributed by atoms with Crippen LogP contribution in [0.15, 0.2) is 35.4 Å². The van der Waals surface area contributed by atoms with E-state index in [1.54, 1.807) is 4.57 Å². The molecule has 1 saturated carbocycles. The summed E-state index contributed by atoms with van der Waals surface area (Å²) in [6.07, 6.45) is -2.76. The molecule has 2 aromatic heterocycles. The average molecular weight is 582 g/mol. The maximum absolute atomic E-state index is 14.5. The Balaban J connectivity index is 1.87. The van der Waals surface area contributed by atoms with Gasteiger partial charge in [-0.1, -0.05) is 0 Å². The minimum absolute atomic E-state index is 0.0277. The molecule has 0 radical (unpaired) electrons. The highest BCUT2D eigenvalue weighted by Gasteiger charge is 2.49. The monoisotopic (exact) mass is 582 g/mol. The van der Waals surface area contributed by atoms with Crippen LogP contribution in [0.2, 0.25) is 0 Å². The molecular formula is C23H18F8N4O3S. The van der Waals surface area contributed by atoms with Crippen molar-refractivity contribution in [3.05, 3.63) is 41.8 Å². The number of nitrogens with zero attached hydrogens (tertiary/aromatic N) is 4. The number of hydrogen-bond acceptors (Lipinski definition) is 5. The number of ether oxygens (including phenoxy) is 1. The van der Waals surface area contributed by atoms with Crippen molar-refractivity contribution in [3.63, 3.8) is 0 Å². The maximum Gasteiger partial charge on any atom is 0.405 e. The van der Waals surface area contributed by atoms with Gasteiger partial charge in [0.1, 0.15) is 17.0 Å². The van der Waals surface area contributed by atoms with Crippen molar-refractivity contribution in [1.82, 2.24) is 13.9 Å². The Hall–Kier alpha value is -3.45. The predicted molar refractivity (Wildman–Crippen MR) is 120 cm³/mol. The lowest BCUT2D eigenvalue weighted by Gasteiger charge is -2.30. The zero-order chi connectivity index (χ0) is 28.9. The van der Waals surface area contributed by atoms with Crippen LogP contribution in [0.25, 0.3) is 22.3 Å². The van der Waals surface area contributed by atoms with Gasteiger partial charge in [-0.15, -0.1) is 4.31 Å². The number of hydrogen-bond donors (Lipinski definition) is 0. The van der Waals surface area contributed by atoms with Crippen LogP contribution < -0.4 is 4.74 Å². The Kier molecular flexibility index (Phi) is 7.52. The summed E-state index contributed by atoms with van der Waals surface area (Å²) in [5.41, 5.74) is -0.00555. The zero-order valence-corrected chi connectivity index (χ0v) is 20.6. The van der Waals surface area contributed by atoms with Crippen molar-refractivity contribution < 1.29 is 48.3 Å². The van der Waals surface area contributed by atoms with E-state index in [-0.39, 0.29) is 40.8 Å². The first-order valence-electron chi connectivity index (χ1n) is 11.3. The third-order valence-corrected chi connectivity index (χ3v) is 8.29. The van der Waals surface area contributed by atoms with E-state index in [1.165, 1.54) is 0 Å². The first-order chi connectivity index (χ1) is 18.2. The third-order valence-electron chi connectivity index (χ3n) is 6.43. The zero-order valence-electron chi connectivity index (χ0n) is 19.8. The summed E-state index contributed by atoms with van der Waals surface area (Å²) in [6.45, 7) is -7.08. The van der Waals surface area contributed by atoms with Gasteiger partial charge in [0.25, 0.3) is 0 Å². The number of alkyl halides is 7. The lowest BCUT2D eigenvalue weighted by atomic mass is 9.92. The number of benzene rings is 1. The minimum atomic E-state index is -5.37. The summed E-state index contributed by atoms with van der Waals surface area (Å²) >= 11 is 0. The van der Waals surface area contributed by atoms with E-state index in [0.717, 1.165) is 30.7 Å². The van der Waals surface area contributed by atoms with Gasteiger partial charge in [-0.3, -0.25) is 4.98 Å². The molecule has 0 unspecified atom stereocenters. The molecule has 1 aromatic carbocycles. The van der Waals surface area contributed by atoms with Crippen LogP contribution in [0.4, 0.5) is 35.1 Å². The fourth-order valence-corrected chi connectivity index (χ4v) is 5.72. The van der Waals surface area contributed by atoms with Gasteiger partial charge in [-0.25, -0.2) is 12.8 Å². The first-order valence-corrected chi connectivity index (χ1v) is 12.7. The summed E-state index contributed by atoms with van der Waals surface area (Å²) in [5.74, 6) is -1.94. The molecule has 0 aliphatic heterocycles. The Morgan fingerprint density at radius 2 is 1.85 bits per heavy atom. The first kappa shape index (κ1) is 28.6. The quantitative estimate of drug-likeness (QED) is 0.233. The molecule has 2 heterocycles. The molecule has 1 aliphatic carbocycles. The number of pyridine rings is 1. The second-order valence-electron chi connectivity index (χ2n) is 8.68. The Bertz CT molecular complexity index is 1530. The van der Waals surface area contributed by atoms with Crippen LogP contribution in [-0.4, -0.2) is 47.7 Å². The minimum Gasteiger partial charge on any atom is -0.432 e. The van der Waals surface area contributed by atoms with Gasteiger partial charge >= 0.3 is 19.3 Å². The molecule has 0 bridgehead atoms. The fourth-order valence-electron chi connectivity index (χ4n) is 4.31. The van der Waals surface area contributed by atoms with Crippen LogP contribution in [0.1, 0.15) is 37.8 Å². The Morgan fingerprint density at radius 1 is 1.18 bits per heavy atom. The molecule has 0 spiro atoms. The normalized spacial score (nSPS) is 15.7. The van der Waals surface area contributed by atoms with Crippen LogP contribution in [0.5, 0.6) is 5.75 Å². The summed E-state index contributed by atoms with van der Waals surface area (Å²) in [4.78, 5) is 2.96. The Morgan fingerprint density at radius 3 is 2.31 bits per heavy atom. The van der Waals surface area contributed by atoms with Crippen LogP contribution in [0, 0.1) is 17.1 Å². The lowest BCUT2D eigenvalue weighted by molar-refractivity contribution is -0.186. The second kappa shape index (κ2) is 10.3. The lowest BCUT2D eigenvalue weighted by Crippen LogP contribution is -2.49. The van der Waals surface area contributed by atoms with Crippen LogP contribution in [-0.2, 0) is 10.0 Å². The standard InChI is InChI=1S/C23H18F8N4O3S/c1-11(23(29,30)31)35(21(25)26)39(36,37)13-5-6-17(33-10-13)20-15(9-32)14-7-16(24)19(38-22(27)28)8-18(14)34(20)12-3-2-4-12/h5-8,10-12,21-22H,2-4H2,1H3/t11-/m0/s1. The molecule has 1 aliphatic rings. The molecule has 1 fully saturated rings. The number of sulfonamides is 1. The van der Waals surface area contributed by atoms with Gasteiger partial charge in [0.05, 0.1) is 22.5 Å². The van der Waals surface area contributed by atoms with Crippen LogP contribution >= 0.6 is 0 Å². The topological polar surface area (TPSA) is 88.2 Å². The summed E-state index contributed by atoms with van der Waals surface area (Å²) in [5, 5.41) is 9.89. The number of halogens is 8. The van der Waals surface area contributed by atoms with Gasteiger partial charge in [-0.05, 0) is 44.4 Å². The number of rotatable bonds is 8. The molecule has 210 valence electrons. The van der Waals surface area contributed by atoms with E-state index in [4.69, 9.17) is 0 Å². The highest BCUT2D eigenvalue weighted by atomic mass is 32.2. The van der Waals surface area contributed by atoms with Crippen molar-refractivity contribution in [3.8, 4) is 23.2 Å². The van der Waals surface area contributed by atoms with Gasteiger partial charge in [0.15, 0.2) is 11.6 Å². The molecule has 0 amide bonds. The molecule has 1 atom stereocenters. The fraction of sp³-hybridized carbons (Fsp3) is 0.391. The van der Waals surface area contributed by atoms with E-state index in [9.17, 15) is 48.8 Å². The van der Waals surface area contributed by atoms with Crippen molar-refractivity contribution in [1.29, 1.82) is 5.26 Å². The van der Waals surface area contributed by atoms with Gasteiger partial charge in [0, 0.05) is 23.7 Å². The maximum atomic E-state index is 14.5. The Labute approximate surface area is 216 Å². The van der Waals surface area contributed by atoms with Crippen molar-refractivity contribution in [2.45, 2.75) is 62.5 Å². The third kappa shape index (κ3) is 5.12. The van der Waals surface area contributed by atoms with Crippen molar-refractivity contribution in [2.24, 2.45) is 0 Å². The van der Waals surface area contributed by atoms with E-state index >= 15 is 0 Å². The van der Waals surface area contributed by atoms with E-state index < -0.39 is 56.2 Å². The molecule has 3 aromatic rings. The summed E-state index contributed by atoms with van der Waals surface area (Å²) in [6, 6.07) is 2.16. The molecule has 4 rings (SSSR count). The molecular weight excluding hydrogens is 564 g/mol. The van der Waals surface area contributed by atoms with Gasteiger partial charge < -0.3 is 9.30 Å². The highest BCUT2D eigenvalue weighted by molar-refractivity contribution is 7.89. The van der Waals surface area contributed by atoms with Gasteiger partial charge in [0.2, 0.25) is 10.0 Å². The van der Waals surface area contributed by atoms with Crippen molar-refractivity contribution >= 4 is 20.9 Å². The van der Waals surface area contributed by atoms with E-state index in [1.807, 2.05) is 6.07 Å². The highest BCUT2D eigenvalue weighted by Crippen LogP contribution is 2.44. The summed E-state index contributed by atoms with van der Waals surface area (Å²) in [7, 11) is -5.37. The average Bonchev–Trinajstić information content (AvgIpc) is 3.09. The summed E-state index contributed by atoms with van der Waals surface area (Å²) < 4.78 is 136. The van der Waals surface area contributed by atoms with Crippen LogP contribution in [0.3, 0.4) is 0 Å². The van der Waals surface area contributed by atoms with E-state index in [0.29, 0.717) is 19.0 Å². The molecule has 16 heteroatoms. The smallest absolute Gasteiger partial charge is 0.405 e. The molecule has 0 saturated heterocycles. The number of nitriles is 1. The van der Waals surface area contributed by atoms with Gasteiger partial charge in [-0.2, -0.15) is 36.0 Å². The number of fused-ring (bicyclic) bond motifs is 1. The second-order valence-corrected chi connectivity index (χ2v) is 10.5. The predicted octanol–water partition coefficient (Wildman–Crippen LogP) is 6.20. The van der Waals surface area contributed by atoms with E-state index in [2.05, 4.69) is 9.72 Å². The molecule has 7 nitrogen and oxygen atoms in total. The van der Waals surface area contributed by atoms with Crippen molar-refractivity contribution in [2.75, 3.05) is 0 Å². The molecule has 39 heavy (non-hydrogen) atoms. The number of aromatic nitrogens is 2.